The van der Waals surface area contributed by atoms with Crippen LogP contribution in [0.2, 0.25) is 0 Å². The summed E-state index contributed by atoms with van der Waals surface area (Å²) >= 11 is 0. The normalized spacial score (nSPS) is 19.2. The molecular weight excluding hydrogens is 408 g/mol. The van der Waals surface area contributed by atoms with E-state index in [9.17, 15) is 4.79 Å². The lowest BCUT2D eigenvalue weighted by atomic mass is 10.1. The second-order valence-corrected chi connectivity index (χ2v) is 8.42. The van der Waals surface area contributed by atoms with Crippen LogP contribution < -0.4 is 24.8 Å². The van der Waals surface area contributed by atoms with Crippen molar-refractivity contribution in [2.45, 2.75) is 51.5 Å². The number of likely N-dealkylation sites (tertiary alicyclic amines) is 1. The smallest absolute Gasteiger partial charge is 0.225 e. The molecule has 1 heterocycles. The van der Waals surface area contributed by atoms with E-state index in [1.807, 2.05) is 17.0 Å². The first-order valence-electron chi connectivity index (χ1n) is 11.7. The fraction of sp³-hybridized carbons (Fsp3) is 0.667. The lowest BCUT2D eigenvalue weighted by Crippen LogP contribution is -2.45. The topological polar surface area (TPSA) is 84.4 Å². The van der Waals surface area contributed by atoms with Crippen LogP contribution in [-0.4, -0.2) is 70.3 Å². The van der Waals surface area contributed by atoms with Gasteiger partial charge in [0.2, 0.25) is 5.91 Å². The van der Waals surface area contributed by atoms with Crippen molar-refractivity contribution in [3.8, 4) is 17.2 Å². The molecule has 1 saturated carbocycles. The summed E-state index contributed by atoms with van der Waals surface area (Å²) in [5.41, 5.74) is 0.963. The second kappa shape index (κ2) is 11.8. The van der Waals surface area contributed by atoms with Gasteiger partial charge in [-0.2, -0.15) is 0 Å². The van der Waals surface area contributed by atoms with Gasteiger partial charge in [-0.05, 0) is 32.6 Å². The number of benzene rings is 1. The zero-order valence-corrected chi connectivity index (χ0v) is 19.9. The summed E-state index contributed by atoms with van der Waals surface area (Å²) in [6, 6.07) is 3.95. The Kier molecular flexibility index (Phi) is 8.88. The van der Waals surface area contributed by atoms with E-state index in [2.05, 4.69) is 17.6 Å². The molecule has 2 aliphatic rings. The number of carbonyl (C=O) groups is 1. The van der Waals surface area contributed by atoms with E-state index in [-0.39, 0.29) is 12.0 Å². The number of ether oxygens (including phenoxy) is 3. The maximum atomic E-state index is 12.7. The van der Waals surface area contributed by atoms with E-state index >= 15 is 0 Å². The highest BCUT2D eigenvalue weighted by Gasteiger charge is 2.32. The first kappa shape index (κ1) is 24.0. The van der Waals surface area contributed by atoms with E-state index in [0.717, 1.165) is 61.9 Å². The van der Waals surface area contributed by atoms with Gasteiger partial charge in [0.05, 0.1) is 21.3 Å². The molecule has 1 saturated heterocycles. The Morgan fingerprint density at radius 1 is 1.09 bits per heavy atom. The SMILES string of the molecule is CCNC(=NCCc1c(OC)cc(OC)cc1OC)NC1CCN(C(=O)C2CCCC2)C1. The molecule has 0 aromatic heterocycles. The monoisotopic (exact) mass is 446 g/mol. The Labute approximate surface area is 191 Å². The third-order valence-electron chi connectivity index (χ3n) is 6.34. The van der Waals surface area contributed by atoms with Crippen LogP contribution in [0.5, 0.6) is 17.2 Å². The van der Waals surface area contributed by atoms with Crippen LogP contribution in [0.1, 0.15) is 44.6 Å². The summed E-state index contributed by atoms with van der Waals surface area (Å²) in [6.45, 7) is 4.98. The van der Waals surface area contributed by atoms with Crippen LogP contribution in [0.3, 0.4) is 0 Å². The third kappa shape index (κ3) is 5.99. The highest BCUT2D eigenvalue weighted by atomic mass is 16.5. The minimum atomic E-state index is 0.225. The summed E-state index contributed by atoms with van der Waals surface area (Å²) < 4.78 is 16.4. The average Bonchev–Trinajstić information content (AvgIpc) is 3.51. The molecule has 3 rings (SSSR count). The summed E-state index contributed by atoms with van der Waals surface area (Å²) in [6.07, 6.45) is 6.10. The predicted octanol–water partition coefficient (Wildman–Crippen LogP) is 2.60. The van der Waals surface area contributed by atoms with Crippen molar-refractivity contribution in [2.75, 3.05) is 47.5 Å². The van der Waals surface area contributed by atoms with Gasteiger partial charge in [0.15, 0.2) is 5.96 Å². The van der Waals surface area contributed by atoms with Crippen molar-refractivity contribution in [3.63, 3.8) is 0 Å². The summed E-state index contributed by atoms with van der Waals surface area (Å²) in [7, 11) is 4.91. The number of amides is 1. The average molecular weight is 447 g/mol. The highest BCUT2D eigenvalue weighted by molar-refractivity contribution is 5.81. The van der Waals surface area contributed by atoms with Crippen LogP contribution in [-0.2, 0) is 11.2 Å². The molecule has 0 radical (unpaired) electrons. The highest BCUT2D eigenvalue weighted by Crippen LogP contribution is 2.34. The molecule has 1 aliphatic heterocycles. The standard InChI is InChI=1S/C24H38N4O4/c1-5-25-24(27-18-11-13-28(16-18)23(29)17-8-6-7-9-17)26-12-10-20-21(31-3)14-19(30-2)15-22(20)32-4/h14-15,17-18H,5-13,16H2,1-4H3,(H2,25,26,27). The number of guanidine groups is 1. The largest absolute Gasteiger partial charge is 0.496 e. The van der Waals surface area contributed by atoms with E-state index in [1.165, 1.54) is 12.8 Å². The van der Waals surface area contributed by atoms with E-state index in [4.69, 9.17) is 19.2 Å². The van der Waals surface area contributed by atoms with Crippen LogP contribution >= 0.6 is 0 Å². The molecule has 0 spiro atoms. The van der Waals surface area contributed by atoms with Gasteiger partial charge in [0.25, 0.3) is 0 Å². The molecule has 178 valence electrons. The molecule has 1 aromatic rings. The predicted molar refractivity (Wildman–Crippen MR) is 126 cm³/mol. The van der Waals surface area contributed by atoms with Gasteiger partial charge >= 0.3 is 0 Å². The van der Waals surface area contributed by atoms with E-state index in [1.54, 1.807) is 21.3 Å². The quantitative estimate of drug-likeness (QED) is 0.448. The molecule has 1 aromatic carbocycles. The Hall–Kier alpha value is -2.64. The van der Waals surface area contributed by atoms with Crippen molar-refractivity contribution in [1.29, 1.82) is 0 Å². The number of rotatable bonds is 9. The minimum absolute atomic E-state index is 0.225. The van der Waals surface area contributed by atoms with Gasteiger partial charge in [-0.25, -0.2) is 0 Å². The van der Waals surface area contributed by atoms with Crippen molar-refractivity contribution in [2.24, 2.45) is 10.9 Å². The van der Waals surface area contributed by atoms with Gasteiger partial charge in [-0.15, -0.1) is 0 Å². The van der Waals surface area contributed by atoms with Gasteiger partial charge in [0.1, 0.15) is 17.2 Å². The number of hydrogen-bond donors (Lipinski definition) is 2. The number of methoxy groups -OCH3 is 3. The maximum absolute atomic E-state index is 12.7. The van der Waals surface area contributed by atoms with Crippen LogP contribution in [0, 0.1) is 5.92 Å². The Morgan fingerprint density at radius 3 is 2.38 bits per heavy atom. The van der Waals surface area contributed by atoms with Crippen molar-refractivity contribution < 1.29 is 19.0 Å². The fourth-order valence-electron chi connectivity index (χ4n) is 4.63. The number of nitrogens with one attached hydrogen (secondary N) is 2. The van der Waals surface area contributed by atoms with Gasteiger partial charge in [-0.3, -0.25) is 9.79 Å². The third-order valence-corrected chi connectivity index (χ3v) is 6.34. The van der Waals surface area contributed by atoms with E-state index < -0.39 is 0 Å². The molecule has 1 atom stereocenters. The van der Waals surface area contributed by atoms with Gasteiger partial charge in [0, 0.05) is 55.8 Å². The van der Waals surface area contributed by atoms with Crippen LogP contribution in [0.15, 0.2) is 17.1 Å². The Balaban J connectivity index is 1.59. The summed E-state index contributed by atoms with van der Waals surface area (Å²) in [4.78, 5) is 19.5. The Morgan fingerprint density at radius 2 is 1.78 bits per heavy atom. The molecule has 0 bridgehead atoms. The lowest BCUT2D eigenvalue weighted by molar-refractivity contribution is -0.134. The van der Waals surface area contributed by atoms with Crippen LogP contribution in [0.25, 0.3) is 0 Å². The molecule has 2 fully saturated rings. The molecule has 8 nitrogen and oxygen atoms in total. The first-order valence-corrected chi connectivity index (χ1v) is 11.7. The number of hydrogen-bond acceptors (Lipinski definition) is 5. The zero-order valence-electron chi connectivity index (χ0n) is 19.9. The number of nitrogens with zero attached hydrogens (tertiary/aromatic N) is 2. The summed E-state index contributed by atoms with van der Waals surface area (Å²) in [5, 5.41) is 6.84. The van der Waals surface area contributed by atoms with Gasteiger partial charge < -0.3 is 29.7 Å². The van der Waals surface area contributed by atoms with Crippen molar-refractivity contribution in [1.82, 2.24) is 15.5 Å². The summed E-state index contributed by atoms with van der Waals surface area (Å²) in [5.74, 6) is 3.51. The van der Waals surface area contributed by atoms with Crippen molar-refractivity contribution >= 4 is 11.9 Å². The fourth-order valence-corrected chi connectivity index (χ4v) is 4.63. The molecule has 2 N–H and O–H groups in total. The minimum Gasteiger partial charge on any atom is -0.496 e. The Bertz CT molecular complexity index is 767. The van der Waals surface area contributed by atoms with Gasteiger partial charge in [-0.1, -0.05) is 12.8 Å². The molecule has 1 unspecified atom stereocenters. The maximum Gasteiger partial charge on any atom is 0.225 e. The second-order valence-electron chi connectivity index (χ2n) is 8.42. The zero-order chi connectivity index (χ0) is 22.9. The molecule has 8 heteroatoms. The molecule has 32 heavy (non-hydrogen) atoms. The molecular formula is C24H38N4O4. The van der Waals surface area contributed by atoms with Crippen molar-refractivity contribution in [3.05, 3.63) is 17.7 Å². The van der Waals surface area contributed by atoms with E-state index in [0.29, 0.717) is 24.6 Å². The lowest BCUT2D eigenvalue weighted by Gasteiger charge is -2.21. The van der Waals surface area contributed by atoms with Crippen LogP contribution in [0.4, 0.5) is 0 Å². The molecule has 1 aliphatic carbocycles. The number of aliphatic imine (C=N–C) groups is 1. The first-order chi connectivity index (χ1) is 15.6. The molecule has 1 amide bonds. The number of carbonyl (C=O) groups excluding carboxylic acids is 1.